The van der Waals surface area contributed by atoms with E-state index in [1.807, 2.05) is 17.0 Å². The lowest BCUT2D eigenvalue weighted by atomic mass is 9.97. The SMILES string of the molecule is O=C(O)C1CCN(c2nc(-c3ccncc3)no2)CC1. The number of hydrogen-bond donors (Lipinski definition) is 1. The van der Waals surface area contributed by atoms with E-state index in [9.17, 15) is 4.79 Å². The van der Waals surface area contributed by atoms with Gasteiger partial charge in [0.05, 0.1) is 5.92 Å². The molecule has 0 aromatic carbocycles. The number of aliphatic carboxylic acids is 1. The Morgan fingerprint density at radius 3 is 2.65 bits per heavy atom. The summed E-state index contributed by atoms with van der Waals surface area (Å²) in [5.74, 6) is -0.482. The van der Waals surface area contributed by atoms with E-state index in [1.165, 1.54) is 0 Å². The summed E-state index contributed by atoms with van der Waals surface area (Å²) in [7, 11) is 0. The van der Waals surface area contributed by atoms with Crippen LogP contribution in [0.25, 0.3) is 11.4 Å². The van der Waals surface area contributed by atoms with Gasteiger partial charge in [-0.05, 0) is 25.0 Å². The van der Waals surface area contributed by atoms with Gasteiger partial charge >= 0.3 is 12.0 Å². The number of pyridine rings is 1. The molecule has 0 aliphatic carbocycles. The van der Waals surface area contributed by atoms with E-state index in [-0.39, 0.29) is 5.92 Å². The highest BCUT2D eigenvalue weighted by Crippen LogP contribution is 2.24. The molecule has 1 N–H and O–H groups in total. The number of carboxylic acids is 1. The van der Waals surface area contributed by atoms with Gasteiger partial charge in [0.25, 0.3) is 0 Å². The van der Waals surface area contributed by atoms with Crippen molar-refractivity contribution in [1.82, 2.24) is 15.1 Å². The highest BCUT2D eigenvalue weighted by molar-refractivity contribution is 5.70. The van der Waals surface area contributed by atoms with E-state index in [1.54, 1.807) is 12.4 Å². The maximum Gasteiger partial charge on any atom is 0.324 e. The van der Waals surface area contributed by atoms with E-state index < -0.39 is 5.97 Å². The molecule has 0 amide bonds. The summed E-state index contributed by atoms with van der Waals surface area (Å²) >= 11 is 0. The van der Waals surface area contributed by atoms with Crippen molar-refractivity contribution in [3.8, 4) is 11.4 Å². The summed E-state index contributed by atoms with van der Waals surface area (Å²) in [4.78, 5) is 21.1. The lowest BCUT2D eigenvalue weighted by Crippen LogP contribution is -2.36. The van der Waals surface area contributed by atoms with Gasteiger partial charge in [-0.15, -0.1) is 0 Å². The quantitative estimate of drug-likeness (QED) is 0.905. The molecule has 104 valence electrons. The third-order valence-corrected chi connectivity index (χ3v) is 3.47. The number of aromatic nitrogens is 3. The van der Waals surface area contributed by atoms with Gasteiger partial charge in [-0.2, -0.15) is 4.98 Å². The van der Waals surface area contributed by atoms with Crippen LogP contribution in [-0.2, 0) is 4.79 Å². The first-order chi connectivity index (χ1) is 9.74. The Morgan fingerprint density at radius 2 is 2.00 bits per heavy atom. The van der Waals surface area contributed by atoms with Crippen molar-refractivity contribution in [1.29, 1.82) is 0 Å². The van der Waals surface area contributed by atoms with Crippen LogP contribution in [0.3, 0.4) is 0 Å². The van der Waals surface area contributed by atoms with Crippen LogP contribution in [0.15, 0.2) is 29.0 Å². The lowest BCUT2D eigenvalue weighted by molar-refractivity contribution is -0.142. The van der Waals surface area contributed by atoms with Gasteiger partial charge in [-0.1, -0.05) is 5.16 Å². The van der Waals surface area contributed by atoms with Crippen molar-refractivity contribution in [2.45, 2.75) is 12.8 Å². The Hall–Kier alpha value is -2.44. The Labute approximate surface area is 115 Å². The number of hydrogen-bond acceptors (Lipinski definition) is 6. The summed E-state index contributed by atoms with van der Waals surface area (Å²) < 4.78 is 5.25. The van der Waals surface area contributed by atoms with Crippen molar-refractivity contribution < 1.29 is 14.4 Å². The van der Waals surface area contributed by atoms with Gasteiger partial charge < -0.3 is 14.5 Å². The predicted octanol–water partition coefficient (Wildman–Crippen LogP) is 1.43. The van der Waals surface area contributed by atoms with E-state index in [0.717, 1.165) is 5.56 Å². The molecule has 2 aromatic rings. The maximum atomic E-state index is 10.9. The molecular formula is C13H14N4O3. The van der Waals surface area contributed by atoms with Crippen molar-refractivity contribution in [2.75, 3.05) is 18.0 Å². The minimum Gasteiger partial charge on any atom is -0.481 e. The number of nitrogens with zero attached hydrogens (tertiary/aromatic N) is 4. The molecule has 0 saturated carbocycles. The number of anilines is 1. The van der Waals surface area contributed by atoms with Crippen LogP contribution in [0.1, 0.15) is 12.8 Å². The molecule has 1 aliphatic rings. The zero-order chi connectivity index (χ0) is 13.9. The van der Waals surface area contributed by atoms with Crippen LogP contribution in [0.5, 0.6) is 0 Å². The highest BCUT2D eigenvalue weighted by atomic mass is 16.5. The molecule has 0 radical (unpaired) electrons. The minimum atomic E-state index is -0.729. The van der Waals surface area contributed by atoms with Crippen molar-refractivity contribution in [3.63, 3.8) is 0 Å². The molecule has 0 bridgehead atoms. The minimum absolute atomic E-state index is 0.270. The van der Waals surface area contributed by atoms with Gasteiger partial charge in [0.2, 0.25) is 5.82 Å². The van der Waals surface area contributed by atoms with Gasteiger partial charge in [0, 0.05) is 31.0 Å². The fraction of sp³-hybridized carbons (Fsp3) is 0.385. The average Bonchev–Trinajstić information content (AvgIpc) is 2.98. The van der Waals surface area contributed by atoms with Crippen LogP contribution in [0, 0.1) is 5.92 Å². The molecule has 2 aromatic heterocycles. The first kappa shape index (κ1) is 12.6. The van der Waals surface area contributed by atoms with Crippen molar-refractivity contribution in [3.05, 3.63) is 24.5 Å². The standard InChI is InChI=1S/C13H14N4O3/c18-12(19)10-3-7-17(8-4-10)13-15-11(16-20-13)9-1-5-14-6-2-9/h1-2,5-6,10H,3-4,7-8H2,(H,18,19). The third kappa shape index (κ3) is 2.47. The summed E-state index contributed by atoms with van der Waals surface area (Å²) in [5, 5.41) is 12.9. The molecule has 1 aliphatic heterocycles. The number of carboxylic acid groups (broad SMARTS) is 1. The highest BCUT2D eigenvalue weighted by Gasteiger charge is 2.27. The Kier molecular flexibility index (Phi) is 3.32. The normalized spacial score (nSPS) is 16.3. The van der Waals surface area contributed by atoms with E-state index in [4.69, 9.17) is 9.63 Å². The van der Waals surface area contributed by atoms with Crippen LogP contribution < -0.4 is 4.90 Å². The summed E-state index contributed by atoms with van der Waals surface area (Å²) in [5.41, 5.74) is 0.843. The Balaban J connectivity index is 1.71. The zero-order valence-corrected chi connectivity index (χ0v) is 10.8. The number of carbonyl (C=O) groups is 1. The van der Waals surface area contributed by atoms with E-state index in [0.29, 0.717) is 37.8 Å². The van der Waals surface area contributed by atoms with Crippen LogP contribution in [-0.4, -0.2) is 39.3 Å². The molecule has 1 fully saturated rings. The smallest absolute Gasteiger partial charge is 0.324 e. The number of rotatable bonds is 3. The van der Waals surface area contributed by atoms with Gasteiger partial charge in [-0.25, -0.2) is 0 Å². The molecule has 0 atom stereocenters. The molecule has 3 rings (SSSR count). The lowest BCUT2D eigenvalue weighted by Gasteiger charge is -2.28. The fourth-order valence-corrected chi connectivity index (χ4v) is 2.28. The average molecular weight is 274 g/mol. The second-order valence-electron chi connectivity index (χ2n) is 4.74. The number of piperidine rings is 1. The monoisotopic (exact) mass is 274 g/mol. The topological polar surface area (TPSA) is 92.3 Å². The van der Waals surface area contributed by atoms with Crippen LogP contribution >= 0.6 is 0 Å². The molecular weight excluding hydrogens is 260 g/mol. The maximum absolute atomic E-state index is 10.9. The molecule has 20 heavy (non-hydrogen) atoms. The first-order valence-corrected chi connectivity index (χ1v) is 6.46. The second-order valence-corrected chi connectivity index (χ2v) is 4.74. The molecule has 3 heterocycles. The summed E-state index contributed by atoms with van der Waals surface area (Å²) in [6, 6.07) is 4.07. The summed E-state index contributed by atoms with van der Waals surface area (Å²) in [6.07, 6.45) is 4.54. The van der Waals surface area contributed by atoms with Crippen LogP contribution in [0.4, 0.5) is 6.01 Å². The summed E-state index contributed by atoms with van der Waals surface area (Å²) in [6.45, 7) is 1.24. The second kappa shape index (κ2) is 5.28. The van der Waals surface area contributed by atoms with Gasteiger partial charge in [-0.3, -0.25) is 9.78 Å². The van der Waals surface area contributed by atoms with E-state index >= 15 is 0 Å². The van der Waals surface area contributed by atoms with Gasteiger partial charge in [0.1, 0.15) is 0 Å². The van der Waals surface area contributed by atoms with Gasteiger partial charge in [0.15, 0.2) is 0 Å². The third-order valence-electron chi connectivity index (χ3n) is 3.47. The fourth-order valence-electron chi connectivity index (χ4n) is 2.28. The Morgan fingerprint density at radius 1 is 1.30 bits per heavy atom. The largest absolute Gasteiger partial charge is 0.481 e. The molecule has 7 nitrogen and oxygen atoms in total. The molecule has 1 saturated heterocycles. The van der Waals surface area contributed by atoms with Crippen molar-refractivity contribution in [2.24, 2.45) is 5.92 Å². The molecule has 7 heteroatoms. The van der Waals surface area contributed by atoms with E-state index in [2.05, 4.69) is 15.1 Å². The predicted molar refractivity (Wildman–Crippen MR) is 70.1 cm³/mol. The van der Waals surface area contributed by atoms with Crippen molar-refractivity contribution >= 4 is 12.0 Å². The van der Waals surface area contributed by atoms with Crippen LogP contribution in [0.2, 0.25) is 0 Å². The first-order valence-electron chi connectivity index (χ1n) is 6.46. The molecule has 0 unspecified atom stereocenters. The Bertz CT molecular complexity index is 591. The molecule has 0 spiro atoms. The zero-order valence-electron chi connectivity index (χ0n) is 10.8.